The minimum absolute atomic E-state index is 0.0488. The van der Waals surface area contributed by atoms with Crippen molar-refractivity contribution in [1.82, 2.24) is 9.55 Å². The molecule has 1 aliphatic heterocycles. The van der Waals surface area contributed by atoms with E-state index in [1.807, 2.05) is 0 Å². The van der Waals surface area contributed by atoms with Crippen molar-refractivity contribution >= 4 is 5.57 Å². The van der Waals surface area contributed by atoms with Gasteiger partial charge < -0.3 is 9.84 Å². The van der Waals surface area contributed by atoms with Gasteiger partial charge in [-0.05, 0) is 12.5 Å². The highest BCUT2D eigenvalue weighted by Gasteiger charge is 2.36. The molecule has 0 saturated carbocycles. The van der Waals surface area contributed by atoms with E-state index in [2.05, 4.69) is 11.6 Å². The number of aromatic amines is 1. The highest BCUT2D eigenvalue weighted by molar-refractivity contribution is 5.59. The first-order valence-corrected chi connectivity index (χ1v) is 5.85. The Hall–Kier alpha value is -1.73. The van der Waals surface area contributed by atoms with E-state index in [1.54, 1.807) is 6.92 Å². The zero-order valence-electron chi connectivity index (χ0n) is 10.4. The van der Waals surface area contributed by atoms with Crippen LogP contribution in [0.4, 0.5) is 4.39 Å². The summed E-state index contributed by atoms with van der Waals surface area (Å²) in [5, 5.41) is 8.93. The number of nitrogens with one attached hydrogen (secondary N) is 1. The van der Waals surface area contributed by atoms with Gasteiger partial charge in [-0.2, -0.15) is 0 Å². The van der Waals surface area contributed by atoms with Gasteiger partial charge >= 0.3 is 5.69 Å². The van der Waals surface area contributed by atoms with Gasteiger partial charge in [-0.1, -0.05) is 6.58 Å². The molecular weight excluding hydrogens is 255 g/mol. The van der Waals surface area contributed by atoms with E-state index < -0.39 is 36.4 Å². The minimum atomic E-state index is -1.35. The number of ether oxygens (including phenoxy) is 1. The van der Waals surface area contributed by atoms with Crippen molar-refractivity contribution in [1.29, 1.82) is 0 Å². The first-order chi connectivity index (χ1) is 8.93. The van der Waals surface area contributed by atoms with E-state index in [4.69, 9.17) is 9.84 Å². The molecule has 2 N–H and O–H groups in total. The molecule has 2 heterocycles. The molecule has 6 nitrogen and oxygen atoms in total. The summed E-state index contributed by atoms with van der Waals surface area (Å²) in [5.74, 6) is 0. The maximum Gasteiger partial charge on any atom is 0.330 e. The summed E-state index contributed by atoms with van der Waals surface area (Å²) in [6.45, 7) is 4.81. The monoisotopic (exact) mass is 270 g/mol. The molecule has 2 rings (SSSR count). The topological polar surface area (TPSA) is 84.3 Å². The fourth-order valence-electron chi connectivity index (χ4n) is 2.03. The van der Waals surface area contributed by atoms with Crippen LogP contribution in [0.25, 0.3) is 5.57 Å². The standard InChI is InChI=1S/C12H15FN2O4/c1-6(2)7-4-15(12(18)14-11(7)17)10-3-8(13)9(5-16)19-10/h4,8-10,16H,1,3,5H2,2H3,(H,14,17,18)/t8-,9-,10-/m1/s1. The van der Waals surface area contributed by atoms with Crippen LogP contribution < -0.4 is 11.2 Å². The summed E-state index contributed by atoms with van der Waals surface area (Å²) in [5.41, 5.74) is -0.484. The highest BCUT2D eigenvalue weighted by Crippen LogP contribution is 2.29. The minimum Gasteiger partial charge on any atom is -0.394 e. The normalized spacial score (nSPS) is 26.6. The number of allylic oxidation sites excluding steroid dienone is 1. The number of H-pyrrole nitrogens is 1. The molecule has 1 fully saturated rings. The van der Waals surface area contributed by atoms with Crippen molar-refractivity contribution in [3.05, 3.63) is 39.2 Å². The van der Waals surface area contributed by atoms with Gasteiger partial charge in [-0.15, -0.1) is 0 Å². The molecule has 0 spiro atoms. The second-order valence-corrected chi connectivity index (χ2v) is 4.55. The number of aliphatic hydroxyl groups is 1. The van der Waals surface area contributed by atoms with E-state index in [9.17, 15) is 14.0 Å². The maximum atomic E-state index is 13.5. The van der Waals surface area contributed by atoms with Crippen molar-refractivity contribution in [3.63, 3.8) is 0 Å². The van der Waals surface area contributed by atoms with Gasteiger partial charge in [0.2, 0.25) is 0 Å². The van der Waals surface area contributed by atoms with Crippen LogP contribution in [0.3, 0.4) is 0 Å². The van der Waals surface area contributed by atoms with E-state index in [1.165, 1.54) is 6.20 Å². The lowest BCUT2D eigenvalue weighted by Gasteiger charge is -2.15. The Bertz CT molecular complexity index is 606. The molecule has 0 bridgehead atoms. The van der Waals surface area contributed by atoms with Gasteiger partial charge in [0.05, 0.1) is 12.2 Å². The van der Waals surface area contributed by atoms with Crippen molar-refractivity contribution in [2.24, 2.45) is 0 Å². The molecule has 1 saturated heterocycles. The van der Waals surface area contributed by atoms with Crippen LogP contribution in [0.15, 0.2) is 22.4 Å². The second kappa shape index (κ2) is 5.10. The van der Waals surface area contributed by atoms with Gasteiger partial charge in [-0.25, -0.2) is 9.18 Å². The third-order valence-corrected chi connectivity index (χ3v) is 3.08. The van der Waals surface area contributed by atoms with Gasteiger partial charge in [0, 0.05) is 12.6 Å². The molecule has 7 heteroatoms. The molecule has 0 aliphatic carbocycles. The third kappa shape index (κ3) is 2.52. The number of halogens is 1. The Kier molecular flexibility index (Phi) is 3.68. The predicted molar refractivity (Wildman–Crippen MR) is 66.5 cm³/mol. The van der Waals surface area contributed by atoms with E-state index in [-0.39, 0.29) is 12.0 Å². The predicted octanol–water partition coefficient (Wildman–Crippen LogP) is 0.188. The van der Waals surface area contributed by atoms with Gasteiger partial charge in [0.1, 0.15) is 18.5 Å². The maximum absolute atomic E-state index is 13.5. The Morgan fingerprint density at radius 1 is 1.68 bits per heavy atom. The first-order valence-electron chi connectivity index (χ1n) is 5.85. The largest absolute Gasteiger partial charge is 0.394 e. The Morgan fingerprint density at radius 2 is 2.37 bits per heavy atom. The number of alkyl halides is 1. The Labute approximate surface area is 108 Å². The first kappa shape index (κ1) is 13.7. The molecule has 0 radical (unpaired) electrons. The SMILES string of the molecule is C=C(C)c1cn([C@H]2C[C@@H](F)[C@@H](CO)O2)c(=O)[nH]c1=O. The number of hydrogen-bond donors (Lipinski definition) is 2. The molecule has 19 heavy (non-hydrogen) atoms. The van der Waals surface area contributed by atoms with Gasteiger partial charge in [0.15, 0.2) is 0 Å². The van der Waals surface area contributed by atoms with E-state index >= 15 is 0 Å². The summed E-state index contributed by atoms with van der Waals surface area (Å²) < 4.78 is 19.9. The summed E-state index contributed by atoms with van der Waals surface area (Å²) in [7, 11) is 0. The zero-order valence-corrected chi connectivity index (χ0v) is 10.4. The number of aromatic nitrogens is 2. The molecule has 104 valence electrons. The van der Waals surface area contributed by atoms with Crippen LogP contribution in [0, 0.1) is 0 Å². The second-order valence-electron chi connectivity index (χ2n) is 4.55. The lowest BCUT2D eigenvalue weighted by atomic mass is 10.2. The smallest absolute Gasteiger partial charge is 0.330 e. The van der Waals surface area contributed by atoms with Crippen molar-refractivity contribution in [3.8, 4) is 0 Å². The zero-order chi connectivity index (χ0) is 14.2. The van der Waals surface area contributed by atoms with Crippen LogP contribution in [0.5, 0.6) is 0 Å². The Morgan fingerprint density at radius 3 is 2.89 bits per heavy atom. The average molecular weight is 270 g/mol. The van der Waals surface area contributed by atoms with Crippen LogP contribution in [-0.4, -0.2) is 33.5 Å². The van der Waals surface area contributed by atoms with Crippen molar-refractivity contribution in [2.45, 2.75) is 31.8 Å². The van der Waals surface area contributed by atoms with Crippen molar-refractivity contribution in [2.75, 3.05) is 6.61 Å². The average Bonchev–Trinajstić information content (AvgIpc) is 2.69. The fourth-order valence-corrected chi connectivity index (χ4v) is 2.03. The van der Waals surface area contributed by atoms with Gasteiger partial charge in [0.25, 0.3) is 5.56 Å². The Balaban J connectivity index is 2.41. The fraction of sp³-hybridized carbons (Fsp3) is 0.500. The number of aliphatic hydroxyl groups excluding tert-OH is 1. The van der Waals surface area contributed by atoms with E-state index in [0.29, 0.717) is 5.57 Å². The molecule has 0 unspecified atom stereocenters. The van der Waals surface area contributed by atoms with Crippen LogP contribution in [0.1, 0.15) is 25.1 Å². The summed E-state index contributed by atoms with van der Waals surface area (Å²) in [4.78, 5) is 25.4. The quantitative estimate of drug-likeness (QED) is 0.821. The van der Waals surface area contributed by atoms with Crippen LogP contribution >= 0.6 is 0 Å². The lowest BCUT2D eigenvalue weighted by Crippen LogP contribution is -2.34. The number of rotatable bonds is 3. The molecule has 1 aromatic rings. The number of hydrogen-bond acceptors (Lipinski definition) is 4. The molecule has 0 aromatic carbocycles. The van der Waals surface area contributed by atoms with Crippen LogP contribution in [0.2, 0.25) is 0 Å². The lowest BCUT2D eigenvalue weighted by molar-refractivity contribution is -0.0356. The summed E-state index contributed by atoms with van der Waals surface area (Å²) >= 11 is 0. The van der Waals surface area contributed by atoms with Crippen molar-refractivity contribution < 1.29 is 14.2 Å². The molecule has 0 amide bonds. The molecular formula is C12H15FN2O4. The molecule has 1 aliphatic rings. The third-order valence-electron chi connectivity index (χ3n) is 3.08. The number of nitrogens with zero attached hydrogens (tertiary/aromatic N) is 1. The highest BCUT2D eigenvalue weighted by atomic mass is 19.1. The van der Waals surface area contributed by atoms with E-state index in [0.717, 1.165) is 4.57 Å². The van der Waals surface area contributed by atoms with Crippen LogP contribution in [-0.2, 0) is 4.74 Å². The molecule has 1 aromatic heterocycles. The summed E-state index contributed by atoms with van der Waals surface area (Å²) in [6, 6.07) is 0. The van der Waals surface area contributed by atoms with Gasteiger partial charge in [-0.3, -0.25) is 14.3 Å². The molecule has 3 atom stereocenters. The summed E-state index contributed by atoms with van der Waals surface area (Å²) in [6.07, 6.45) is -1.87.